The molecule has 0 spiro atoms. The zero-order chi connectivity index (χ0) is 24.8. The second-order valence-electron chi connectivity index (χ2n) is 7.76. The number of carboxylic acid groups (broad SMARTS) is 2. The standard InChI is InChI=1S/C21H27N7O6/c1-22-21-26-17-16(19(32)27-21)28(2)13(10-24-17)9-23-12-5-3-11(4-6-12)18(31)25-14(20(33)34)7-8-15(29)30/h3-6,13-14,23H,7-10H2,1-2H3,(H,25,31)(H,29,30)(H,33,34)(H3,22,24,26,27,32)/t13-,14-/m0/s1. The van der Waals surface area contributed by atoms with Crippen LogP contribution in [0.25, 0.3) is 0 Å². The lowest BCUT2D eigenvalue weighted by molar-refractivity contribution is -0.140. The number of hydrogen-bond acceptors (Lipinski definition) is 9. The van der Waals surface area contributed by atoms with Gasteiger partial charge in [0.05, 0.1) is 6.04 Å². The van der Waals surface area contributed by atoms with Gasteiger partial charge >= 0.3 is 11.9 Å². The molecule has 0 radical (unpaired) electrons. The number of rotatable bonds is 10. The summed E-state index contributed by atoms with van der Waals surface area (Å²) < 4.78 is 0. The Kier molecular flexibility index (Phi) is 7.56. The van der Waals surface area contributed by atoms with Crippen LogP contribution in [0.4, 0.5) is 23.1 Å². The van der Waals surface area contributed by atoms with E-state index in [9.17, 15) is 24.3 Å². The first-order valence-corrected chi connectivity index (χ1v) is 10.6. The van der Waals surface area contributed by atoms with Gasteiger partial charge in [-0.25, -0.2) is 4.79 Å². The highest BCUT2D eigenvalue weighted by molar-refractivity contribution is 5.97. The van der Waals surface area contributed by atoms with E-state index in [0.29, 0.717) is 30.5 Å². The number of carboxylic acids is 2. The van der Waals surface area contributed by atoms with Crippen LogP contribution in [-0.2, 0) is 9.59 Å². The number of hydrogen-bond donors (Lipinski definition) is 7. The highest BCUT2D eigenvalue weighted by Gasteiger charge is 2.27. The number of aromatic nitrogens is 2. The average Bonchev–Trinajstić information content (AvgIpc) is 2.80. The first-order chi connectivity index (χ1) is 16.2. The quantitative estimate of drug-likeness (QED) is 0.250. The van der Waals surface area contributed by atoms with Crippen molar-refractivity contribution in [1.82, 2.24) is 15.3 Å². The van der Waals surface area contributed by atoms with Crippen molar-refractivity contribution in [3.8, 4) is 0 Å². The van der Waals surface area contributed by atoms with Gasteiger partial charge in [-0.1, -0.05) is 0 Å². The molecule has 0 unspecified atom stereocenters. The molecule has 1 aliphatic rings. The number of nitrogens with zero attached hydrogens (tertiary/aromatic N) is 2. The van der Waals surface area contributed by atoms with E-state index in [2.05, 4.69) is 31.2 Å². The zero-order valence-corrected chi connectivity index (χ0v) is 18.7. The SMILES string of the molecule is CNc1nc2c(c(=O)[nH]1)N(C)[C@@H](CNc1ccc(C(=O)N[C@@H](CCC(=O)O)C(=O)O)cc1)CN2. The summed E-state index contributed by atoms with van der Waals surface area (Å²) in [4.78, 5) is 55.6. The fourth-order valence-electron chi connectivity index (χ4n) is 3.52. The summed E-state index contributed by atoms with van der Waals surface area (Å²) in [5.41, 5.74) is 1.16. The van der Waals surface area contributed by atoms with Gasteiger partial charge in [-0.15, -0.1) is 0 Å². The second-order valence-corrected chi connectivity index (χ2v) is 7.76. The number of benzene rings is 1. The molecule has 0 fully saturated rings. The molecule has 34 heavy (non-hydrogen) atoms. The van der Waals surface area contributed by atoms with Gasteiger partial charge in [0.2, 0.25) is 5.95 Å². The van der Waals surface area contributed by atoms with Crippen LogP contribution in [0, 0.1) is 0 Å². The van der Waals surface area contributed by atoms with Crippen LogP contribution in [0.15, 0.2) is 29.1 Å². The highest BCUT2D eigenvalue weighted by atomic mass is 16.4. The molecular formula is C21H27N7O6. The number of carbonyl (C=O) groups is 3. The van der Waals surface area contributed by atoms with Gasteiger partial charge in [-0.3, -0.25) is 19.4 Å². The minimum absolute atomic E-state index is 0.0515. The van der Waals surface area contributed by atoms with Crippen molar-refractivity contribution in [3.05, 3.63) is 40.2 Å². The molecule has 0 bridgehead atoms. The van der Waals surface area contributed by atoms with E-state index in [-0.39, 0.29) is 30.0 Å². The molecule has 2 aromatic rings. The number of anilines is 4. The predicted molar refractivity (Wildman–Crippen MR) is 126 cm³/mol. The van der Waals surface area contributed by atoms with Crippen LogP contribution < -0.4 is 31.7 Å². The lowest BCUT2D eigenvalue weighted by Crippen LogP contribution is -2.48. The van der Waals surface area contributed by atoms with Crippen LogP contribution in [0.3, 0.4) is 0 Å². The summed E-state index contributed by atoms with van der Waals surface area (Å²) in [6.45, 7) is 1.06. The molecule has 1 aliphatic heterocycles. The minimum atomic E-state index is -1.30. The summed E-state index contributed by atoms with van der Waals surface area (Å²) in [7, 11) is 3.49. The monoisotopic (exact) mass is 473 g/mol. The summed E-state index contributed by atoms with van der Waals surface area (Å²) in [5, 5.41) is 29.5. The number of aromatic amines is 1. The van der Waals surface area contributed by atoms with Crippen molar-refractivity contribution < 1.29 is 24.6 Å². The fourth-order valence-corrected chi connectivity index (χ4v) is 3.52. The molecule has 0 saturated carbocycles. The van der Waals surface area contributed by atoms with Crippen LogP contribution in [0.1, 0.15) is 23.2 Å². The van der Waals surface area contributed by atoms with Crippen molar-refractivity contribution in [2.75, 3.05) is 48.0 Å². The van der Waals surface area contributed by atoms with Crippen molar-refractivity contribution in [2.45, 2.75) is 24.9 Å². The largest absolute Gasteiger partial charge is 0.481 e. The second kappa shape index (κ2) is 10.6. The lowest BCUT2D eigenvalue weighted by atomic mass is 10.1. The maximum absolute atomic E-state index is 12.4. The Balaban J connectivity index is 1.59. The van der Waals surface area contributed by atoms with Crippen molar-refractivity contribution in [2.24, 2.45) is 0 Å². The fraction of sp³-hybridized carbons (Fsp3) is 0.381. The molecule has 7 N–H and O–H groups in total. The molecule has 2 heterocycles. The van der Waals surface area contributed by atoms with Crippen molar-refractivity contribution in [3.63, 3.8) is 0 Å². The Morgan fingerprint density at radius 1 is 1.24 bits per heavy atom. The minimum Gasteiger partial charge on any atom is -0.481 e. The summed E-state index contributed by atoms with van der Waals surface area (Å²) in [6, 6.07) is 5.10. The van der Waals surface area contributed by atoms with E-state index in [1.165, 1.54) is 0 Å². The smallest absolute Gasteiger partial charge is 0.326 e. The molecule has 182 valence electrons. The Bertz CT molecular complexity index is 1120. The predicted octanol–water partition coefficient (Wildman–Crippen LogP) is 0.202. The van der Waals surface area contributed by atoms with E-state index in [0.717, 1.165) is 5.69 Å². The van der Waals surface area contributed by atoms with Crippen LogP contribution >= 0.6 is 0 Å². The van der Waals surface area contributed by atoms with Gasteiger partial charge < -0.3 is 36.4 Å². The molecule has 13 nitrogen and oxygen atoms in total. The number of H-pyrrole nitrogens is 1. The Labute approximate surface area is 194 Å². The van der Waals surface area contributed by atoms with Crippen molar-refractivity contribution >= 4 is 41.0 Å². The number of aliphatic carboxylic acids is 2. The normalized spacial score (nSPS) is 15.5. The van der Waals surface area contributed by atoms with Gasteiger partial charge in [-0.05, 0) is 30.7 Å². The molecule has 1 amide bonds. The first kappa shape index (κ1) is 24.4. The van der Waals surface area contributed by atoms with Gasteiger partial charge in [0.15, 0.2) is 5.82 Å². The maximum Gasteiger partial charge on any atom is 0.326 e. The summed E-state index contributed by atoms with van der Waals surface area (Å²) in [6.07, 6.45) is -0.579. The molecule has 3 rings (SSSR count). The maximum atomic E-state index is 12.4. The number of carbonyl (C=O) groups excluding carboxylic acids is 1. The Morgan fingerprint density at radius 3 is 2.56 bits per heavy atom. The average molecular weight is 473 g/mol. The Hall–Kier alpha value is -4.29. The molecule has 1 aromatic heterocycles. The van der Waals surface area contributed by atoms with E-state index in [4.69, 9.17) is 5.11 Å². The molecule has 13 heteroatoms. The third-order valence-electron chi connectivity index (χ3n) is 5.48. The lowest BCUT2D eigenvalue weighted by Gasteiger charge is -2.35. The third-order valence-corrected chi connectivity index (χ3v) is 5.48. The summed E-state index contributed by atoms with van der Waals surface area (Å²) in [5.74, 6) is -2.16. The van der Waals surface area contributed by atoms with Crippen LogP contribution in [-0.4, -0.2) is 77.3 Å². The number of likely N-dealkylation sites (N-methyl/N-ethyl adjacent to an activating group) is 1. The Morgan fingerprint density at radius 2 is 1.94 bits per heavy atom. The van der Waals surface area contributed by atoms with Gasteiger partial charge in [0, 0.05) is 44.9 Å². The van der Waals surface area contributed by atoms with E-state index >= 15 is 0 Å². The molecule has 0 aliphatic carbocycles. The van der Waals surface area contributed by atoms with Gasteiger partial charge in [0.1, 0.15) is 11.7 Å². The number of fused-ring (bicyclic) bond motifs is 1. The number of amides is 1. The number of nitrogens with one attached hydrogen (secondary N) is 5. The van der Waals surface area contributed by atoms with Gasteiger partial charge in [-0.2, -0.15) is 4.98 Å². The van der Waals surface area contributed by atoms with Crippen LogP contribution in [0.2, 0.25) is 0 Å². The molecular weight excluding hydrogens is 446 g/mol. The zero-order valence-electron chi connectivity index (χ0n) is 18.7. The molecule has 1 aromatic carbocycles. The van der Waals surface area contributed by atoms with Crippen LogP contribution in [0.5, 0.6) is 0 Å². The van der Waals surface area contributed by atoms with Gasteiger partial charge in [0.25, 0.3) is 11.5 Å². The topological polar surface area (TPSA) is 189 Å². The third kappa shape index (κ3) is 5.74. The summed E-state index contributed by atoms with van der Waals surface area (Å²) >= 11 is 0. The first-order valence-electron chi connectivity index (χ1n) is 10.6. The van der Waals surface area contributed by atoms with E-state index in [1.54, 1.807) is 31.3 Å². The van der Waals surface area contributed by atoms with E-state index < -0.39 is 23.9 Å². The molecule has 2 atom stereocenters. The van der Waals surface area contributed by atoms with E-state index in [1.807, 2.05) is 11.9 Å². The highest BCUT2D eigenvalue weighted by Crippen LogP contribution is 2.25. The van der Waals surface area contributed by atoms with Crippen molar-refractivity contribution in [1.29, 1.82) is 0 Å². The molecule has 0 saturated heterocycles.